The summed E-state index contributed by atoms with van der Waals surface area (Å²) in [5.74, 6) is 0. The number of urea groups is 1. The molecule has 0 bridgehead atoms. The lowest BCUT2D eigenvalue weighted by Crippen LogP contribution is -2.39. The zero-order chi connectivity index (χ0) is 15.8. The predicted molar refractivity (Wildman–Crippen MR) is 88.0 cm³/mol. The third-order valence-corrected chi connectivity index (χ3v) is 3.51. The number of nitrogens with one attached hydrogen (secondary N) is 2. The van der Waals surface area contributed by atoms with Gasteiger partial charge >= 0.3 is 6.03 Å². The van der Waals surface area contributed by atoms with E-state index >= 15 is 0 Å². The van der Waals surface area contributed by atoms with E-state index in [4.69, 9.17) is 16.7 Å². The maximum absolute atomic E-state index is 11.9. The number of carbonyl (C=O) groups is 1. The highest BCUT2D eigenvalue weighted by Gasteiger charge is 2.14. The summed E-state index contributed by atoms with van der Waals surface area (Å²) in [5, 5.41) is 15.0. The first-order chi connectivity index (χ1) is 10.7. The van der Waals surface area contributed by atoms with Crippen molar-refractivity contribution in [3.8, 4) is 0 Å². The van der Waals surface area contributed by atoms with Crippen LogP contribution in [0.2, 0.25) is 5.02 Å². The average Bonchev–Trinajstić information content (AvgIpc) is 2.55. The Labute approximate surface area is 135 Å². The number of hydrogen-bond acceptors (Lipinski definition) is 2. The van der Waals surface area contributed by atoms with Gasteiger partial charge in [-0.2, -0.15) is 0 Å². The van der Waals surface area contributed by atoms with Gasteiger partial charge in [0.2, 0.25) is 0 Å². The summed E-state index contributed by atoms with van der Waals surface area (Å²) in [6.07, 6.45) is 0.660. The number of amides is 2. The maximum atomic E-state index is 11.9. The van der Waals surface area contributed by atoms with Crippen LogP contribution >= 0.6 is 11.6 Å². The first kappa shape index (κ1) is 16.3. The molecule has 0 saturated heterocycles. The Morgan fingerprint density at radius 3 is 2.41 bits per heavy atom. The molecular formula is C17H19ClN2O2. The van der Waals surface area contributed by atoms with Gasteiger partial charge in [-0.3, -0.25) is 0 Å². The maximum Gasteiger partial charge on any atom is 0.315 e. The van der Waals surface area contributed by atoms with Crippen LogP contribution in [0.15, 0.2) is 54.6 Å². The van der Waals surface area contributed by atoms with Crippen molar-refractivity contribution >= 4 is 17.6 Å². The molecule has 4 nitrogen and oxygen atoms in total. The number of hydrogen-bond donors (Lipinski definition) is 3. The summed E-state index contributed by atoms with van der Waals surface area (Å²) >= 11 is 5.90. The summed E-state index contributed by atoms with van der Waals surface area (Å²) in [6.45, 7) is 0.148. The second-order valence-electron chi connectivity index (χ2n) is 4.92. The highest BCUT2D eigenvalue weighted by atomic mass is 35.5. The van der Waals surface area contributed by atoms with Gasteiger partial charge in [-0.1, -0.05) is 54.1 Å². The number of rotatable bonds is 6. The van der Waals surface area contributed by atoms with Crippen LogP contribution in [0.1, 0.15) is 17.2 Å². The number of aliphatic hydroxyl groups excluding tert-OH is 1. The smallest absolute Gasteiger partial charge is 0.315 e. The fraction of sp³-hybridized carbons (Fsp3) is 0.235. The van der Waals surface area contributed by atoms with E-state index in [-0.39, 0.29) is 25.2 Å². The Bertz CT molecular complexity index is 587. The summed E-state index contributed by atoms with van der Waals surface area (Å²) in [5.41, 5.74) is 2.11. The van der Waals surface area contributed by atoms with Crippen molar-refractivity contribution in [2.24, 2.45) is 0 Å². The Morgan fingerprint density at radius 1 is 1.09 bits per heavy atom. The van der Waals surface area contributed by atoms with Crippen LogP contribution in [0.3, 0.4) is 0 Å². The summed E-state index contributed by atoms with van der Waals surface area (Å²) < 4.78 is 0. The van der Waals surface area contributed by atoms with Crippen LogP contribution in [0.4, 0.5) is 4.79 Å². The lowest BCUT2D eigenvalue weighted by Gasteiger charge is -2.20. The average molecular weight is 319 g/mol. The van der Waals surface area contributed by atoms with Crippen molar-refractivity contribution in [1.82, 2.24) is 10.6 Å². The van der Waals surface area contributed by atoms with Gasteiger partial charge in [0.15, 0.2) is 0 Å². The van der Waals surface area contributed by atoms with Gasteiger partial charge < -0.3 is 15.7 Å². The molecular weight excluding hydrogens is 300 g/mol. The van der Waals surface area contributed by atoms with E-state index in [0.29, 0.717) is 11.4 Å². The zero-order valence-electron chi connectivity index (χ0n) is 12.1. The van der Waals surface area contributed by atoms with Gasteiger partial charge in [0.25, 0.3) is 0 Å². The van der Waals surface area contributed by atoms with Crippen LogP contribution in [0.5, 0.6) is 0 Å². The van der Waals surface area contributed by atoms with E-state index in [1.807, 2.05) is 54.6 Å². The molecule has 1 atom stereocenters. The molecule has 0 spiro atoms. The zero-order valence-corrected chi connectivity index (χ0v) is 12.9. The topological polar surface area (TPSA) is 61.4 Å². The molecule has 2 rings (SSSR count). The van der Waals surface area contributed by atoms with Crippen LogP contribution in [0, 0.1) is 0 Å². The highest BCUT2D eigenvalue weighted by molar-refractivity contribution is 6.30. The van der Waals surface area contributed by atoms with Crippen LogP contribution in [-0.4, -0.2) is 24.3 Å². The molecule has 0 aromatic heterocycles. The molecule has 22 heavy (non-hydrogen) atoms. The van der Waals surface area contributed by atoms with Gasteiger partial charge in [0.05, 0.1) is 12.6 Å². The van der Waals surface area contributed by atoms with Gasteiger partial charge in [0, 0.05) is 11.6 Å². The quantitative estimate of drug-likeness (QED) is 0.767. The van der Waals surface area contributed by atoms with Crippen molar-refractivity contribution in [3.63, 3.8) is 0 Å². The highest BCUT2D eigenvalue weighted by Crippen LogP contribution is 2.19. The largest absolute Gasteiger partial charge is 0.395 e. The molecule has 0 aliphatic rings. The lowest BCUT2D eigenvalue weighted by molar-refractivity contribution is 0.230. The molecule has 0 saturated carbocycles. The standard InChI is InChI=1S/C17H19ClN2O2/c18-15-8-6-13(7-9-15)12-16(14-4-2-1-3-5-14)20-17(22)19-10-11-21/h1-9,16,21H,10-12H2,(H2,19,20,22). The minimum atomic E-state index is -0.295. The monoisotopic (exact) mass is 318 g/mol. The molecule has 2 amide bonds. The minimum absolute atomic E-state index is 0.0827. The molecule has 3 N–H and O–H groups in total. The first-order valence-corrected chi connectivity index (χ1v) is 7.51. The molecule has 0 heterocycles. The second kappa shape index (κ2) is 8.41. The van der Waals surface area contributed by atoms with Crippen molar-refractivity contribution in [1.29, 1.82) is 0 Å². The van der Waals surface area contributed by atoms with E-state index < -0.39 is 0 Å². The van der Waals surface area contributed by atoms with E-state index in [1.54, 1.807) is 0 Å². The van der Waals surface area contributed by atoms with Gasteiger partial charge in [-0.15, -0.1) is 0 Å². The SMILES string of the molecule is O=C(NCCO)NC(Cc1ccc(Cl)cc1)c1ccccc1. The van der Waals surface area contributed by atoms with Crippen LogP contribution in [-0.2, 0) is 6.42 Å². The van der Waals surface area contributed by atoms with Crippen LogP contribution < -0.4 is 10.6 Å². The van der Waals surface area contributed by atoms with Crippen molar-refractivity contribution < 1.29 is 9.90 Å². The molecule has 5 heteroatoms. The summed E-state index contributed by atoms with van der Waals surface area (Å²) in [7, 11) is 0. The molecule has 2 aromatic rings. The first-order valence-electron chi connectivity index (χ1n) is 7.13. The van der Waals surface area contributed by atoms with Crippen molar-refractivity contribution in [2.75, 3.05) is 13.2 Å². The van der Waals surface area contributed by atoms with Gasteiger partial charge in [-0.05, 0) is 29.7 Å². The predicted octanol–water partition coefficient (Wildman–Crippen LogP) is 2.92. The molecule has 1 unspecified atom stereocenters. The number of halogens is 1. The van der Waals surface area contributed by atoms with E-state index in [0.717, 1.165) is 11.1 Å². The normalized spacial score (nSPS) is 11.7. The van der Waals surface area contributed by atoms with Gasteiger partial charge in [-0.25, -0.2) is 4.79 Å². The molecule has 2 aromatic carbocycles. The third-order valence-electron chi connectivity index (χ3n) is 3.26. The van der Waals surface area contributed by atoms with Crippen molar-refractivity contribution in [3.05, 3.63) is 70.7 Å². The lowest BCUT2D eigenvalue weighted by atomic mass is 9.99. The summed E-state index contributed by atoms with van der Waals surface area (Å²) in [4.78, 5) is 11.9. The fourth-order valence-corrected chi connectivity index (χ4v) is 2.30. The minimum Gasteiger partial charge on any atom is -0.395 e. The van der Waals surface area contributed by atoms with E-state index in [9.17, 15) is 4.79 Å². The van der Waals surface area contributed by atoms with Gasteiger partial charge in [0.1, 0.15) is 0 Å². The van der Waals surface area contributed by atoms with E-state index in [2.05, 4.69) is 10.6 Å². The number of aliphatic hydroxyl groups is 1. The van der Waals surface area contributed by atoms with E-state index in [1.165, 1.54) is 0 Å². The Morgan fingerprint density at radius 2 is 1.77 bits per heavy atom. The van der Waals surface area contributed by atoms with Crippen LogP contribution in [0.25, 0.3) is 0 Å². The number of carbonyl (C=O) groups excluding carboxylic acids is 1. The third kappa shape index (κ3) is 5.06. The molecule has 0 radical (unpaired) electrons. The molecule has 116 valence electrons. The number of benzene rings is 2. The molecule has 0 aliphatic carbocycles. The second-order valence-corrected chi connectivity index (χ2v) is 5.35. The Balaban J connectivity index is 2.11. The molecule has 0 aliphatic heterocycles. The molecule has 0 fully saturated rings. The Kier molecular flexibility index (Phi) is 6.25. The fourth-order valence-electron chi connectivity index (χ4n) is 2.17. The Hall–Kier alpha value is -2.04. The summed E-state index contributed by atoms with van der Waals surface area (Å²) in [6, 6.07) is 16.9. The van der Waals surface area contributed by atoms with Crippen molar-refractivity contribution in [2.45, 2.75) is 12.5 Å².